The number of carbonyl (C=O) groups excluding carboxylic acids is 1. The van der Waals surface area contributed by atoms with E-state index in [1.165, 1.54) is 38.1 Å². The summed E-state index contributed by atoms with van der Waals surface area (Å²) in [6, 6.07) is 3.06. The molecule has 0 N–H and O–H groups in total. The molecule has 0 aliphatic carbocycles. The number of hydrogen-bond acceptors (Lipinski definition) is 4. The average molecular weight is 308 g/mol. The van der Waals surface area contributed by atoms with Gasteiger partial charge in [0.1, 0.15) is 17.8 Å². The minimum atomic E-state index is -4.14. The van der Waals surface area contributed by atoms with Crippen LogP contribution in [0.4, 0.5) is 13.2 Å². The molecule has 0 saturated heterocycles. The lowest BCUT2D eigenvalue weighted by Gasteiger charge is -2.13. The fraction of sp³-hybridized carbons (Fsp3) is 0.462. The molecule has 7 heteroatoms. The van der Waals surface area contributed by atoms with Gasteiger partial charge in [0.25, 0.3) is 0 Å². The minimum Gasteiger partial charge on any atom is -0.495 e. The number of carbonyl (C=O) groups is 1. The summed E-state index contributed by atoms with van der Waals surface area (Å²) in [6.07, 6.45) is -4.30. The Morgan fingerprint density at radius 3 is 2.15 bits per heavy atom. The summed E-state index contributed by atoms with van der Waals surface area (Å²) in [5.74, 6) is 1.12. The van der Waals surface area contributed by atoms with E-state index in [0.29, 0.717) is 28.2 Å². The quantitative estimate of drug-likeness (QED) is 0.434. The van der Waals surface area contributed by atoms with E-state index < -0.39 is 12.6 Å². The van der Waals surface area contributed by atoms with Gasteiger partial charge in [-0.3, -0.25) is 4.79 Å². The standard InChI is InChI=1S/C13H15F3O3S/c1-18-10-6-9(8-17)7-11(19-2)12(10)20-5-3-4-13(14,15)16/h6-8H,3-5H2,1-2H3. The van der Waals surface area contributed by atoms with Crippen LogP contribution in [0.15, 0.2) is 17.0 Å². The van der Waals surface area contributed by atoms with Crippen molar-refractivity contribution in [2.75, 3.05) is 20.0 Å². The van der Waals surface area contributed by atoms with Gasteiger partial charge in [0.15, 0.2) is 0 Å². The first-order chi connectivity index (χ1) is 9.41. The highest BCUT2D eigenvalue weighted by molar-refractivity contribution is 7.99. The van der Waals surface area contributed by atoms with E-state index in [9.17, 15) is 18.0 Å². The van der Waals surface area contributed by atoms with Gasteiger partial charge in [-0.1, -0.05) is 0 Å². The summed E-state index contributed by atoms with van der Waals surface area (Å²) < 4.78 is 46.5. The zero-order chi connectivity index (χ0) is 15.2. The molecule has 1 aromatic carbocycles. The molecule has 0 aliphatic heterocycles. The molecule has 0 amide bonds. The van der Waals surface area contributed by atoms with E-state index in [-0.39, 0.29) is 12.2 Å². The van der Waals surface area contributed by atoms with Crippen molar-refractivity contribution in [1.29, 1.82) is 0 Å². The molecule has 0 atom stereocenters. The van der Waals surface area contributed by atoms with E-state index >= 15 is 0 Å². The van der Waals surface area contributed by atoms with Crippen LogP contribution in [0.2, 0.25) is 0 Å². The summed E-state index contributed by atoms with van der Waals surface area (Å²) in [5.41, 5.74) is 0.387. The molecule has 3 nitrogen and oxygen atoms in total. The van der Waals surface area contributed by atoms with Gasteiger partial charge in [-0.2, -0.15) is 13.2 Å². The second-order valence-corrected chi connectivity index (χ2v) is 5.04. The lowest BCUT2D eigenvalue weighted by atomic mass is 10.2. The van der Waals surface area contributed by atoms with Crippen molar-refractivity contribution >= 4 is 18.0 Å². The molecule has 0 saturated carbocycles. The summed E-state index contributed by atoms with van der Waals surface area (Å²) in [5, 5.41) is 0. The van der Waals surface area contributed by atoms with Gasteiger partial charge < -0.3 is 9.47 Å². The third-order valence-corrected chi connectivity index (χ3v) is 3.65. The van der Waals surface area contributed by atoms with Crippen molar-refractivity contribution < 1.29 is 27.4 Å². The molecule has 0 aliphatic rings. The smallest absolute Gasteiger partial charge is 0.389 e. The molecule has 20 heavy (non-hydrogen) atoms. The van der Waals surface area contributed by atoms with Gasteiger partial charge in [0.2, 0.25) is 0 Å². The zero-order valence-corrected chi connectivity index (χ0v) is 11.9. The number of halogens is 3. The number of hydrogen-bond donors (Lipinski definition) is 0. The molecule has 0 spiro atoms. The van der Waals surface area contributed by atoms with E-state index in [0.717, 1.165) is 0 Å². The van der Waals surface area contributed by atoms with Crippen LogP contribution >= 0.6 is 11.8 Å². The Bertz CT molecular complexity index is 436. The summed E-state index contributed by atoms with van der Waals surface area (Å²) >= 11 is 1.22. The summed E-state index contributed by atoms with van der Waals surface area (Å²) in [7, 11) is 2.87. The molecular formula is C13H15F3O3S. The number of benzene rings is 1. The molecule has 1 aromatic rings. The highest BCUT2D eigenvalue weighted by Gasteiger charge is 2.26. The molecular weight excluding hydrogens is 293 g/mol. The van der Waals surface area contributed by atoms with Crippen LogP contribution in [0, 0.1) is 0 Å². The maximum atomic E-state index is 12.1. The second kappa shape index (κ2) is 7.42. The Labute approximate surface area is 119 Å². The normalized spacial score (nSPS) is 11.2. The van der Waals surface area contributed by atoms with Crippen LogP contribution < -0.4 is 9.47 Å². The minimum absolute atomic E-state index is 0.00983. The lowest BCUT2D eigenvalue weighted by Crippen LogP contribution is -2.07. The summed E-state index contributed by atoms with van der Waals surface area (Å²) in [6.45, 7) is 0. The van der Waals surface area contributed by atoms with E-state index in [1.807, 2.05) is 0 Å². The Kier molecular flexibility index (Phi) is 6.19. The maximum absolute atomic E-state index is 12.1. The first-order valence-electron chi connectivity index (χ1n) is 5.82. The number of rotatable bonds is 7. The largest absolute Gasteiger partial charge is 0.495 e. The highest BCUT2D eigenvalue weighted by atomic mass is 32.2. The van der Waals surface area contributed by atoms with Crippen LogP contribution in [-0.2, 0) is 0 Å². The molecule has 0 radical (unpaired) electrons. The second-order valence-electron chi connectivity index (χ2n) is 3.94. The Balaban J connectivity index is 2.79. The van der Waals surface area contributed by atoms with Crippen LogP contribution in [0.3, 0.4) is 0 Å². The monoisotopic (exact) mass is 308 g/mol. The van der Waals surface area contributed by atoms with Crippen LogP contribution in [0.1, 0.15) is 23.2 Å². The van der Waals surface area contributed by atoms with Crippen molar-refractivity contribution in [1.82, 2.24) is 0 Å². The summed E-state index contributed by atoms with van der Waals surface area (Å²) in [4.78, 5) is 11.4. The van der Waals surface area contributed by atoms with Crippen LogP contribution in [-0.4, -0.2) is 32.4 Å². The van der Waals surface area contributed by atoms with Gasteiger partial charge in [0, 0.05) is 12.0 Å². The van der Waals surface area contributed by atoms with Crippen molar-refractivity contribution in [2.24, 2.45) is 0 Å². The molecule has 0 fully saturated rings. The number of thioether (sulfide) groups is 1. The van der Waals surface area contributed by atoms with E-state index in [4.69, 9.17) is 9.47 Å². The fourth-order valence-corrected chi connectivity index (χ4v) is 2.62. The molecule has 0 unspecified atom stereocenters. The molecule has 0 aromatic heterocycles. The van der Waals surface area contributed by atoms with Gasteiger partial charge in [-0.05, 0) is 24.3 Å². The van der Waals surface area contributed by atoms with Crippen molar-refractivity contribution in [3.63, 3.8) is 0 Å². The van der Waals surface area contributed by atoms with E-state index in [1.54, 1.807) is 0 Å². The SMILES string of the molecule is COc1cc(C=O)cc(OC)c1SCCCC(F)(F)F. The third kappa shape index (κ3) is 4.96. The van der Waals surface area contributed by atoms with Gasteiger partial charge in [-0.25, -0.2) is 0 Å². The van der Waals surface area contributed by atoms with E-state index in [2.05, 4.69) is 0 Å². The molecule has 112 valence electrons. The predicted octanol–water partition coefficient (Wildman–Crippen LogP) is 3.95. The molecule has 0 heterocycles. The Morgan fingerprint density at radius 1 is 1.20 bits per heavy atom. The number of ether oxygens (including phenoxy) is 2. The Morgan fingerprint density at radius 2 is 1.75 bits per heavy atom. The maximum Gasteiger partial charge on any atom is 0.389 e. The number of methoxy groups -OCH3 is 2. The number of alkyl halides is 3. The molecule has 0 bridgehead atoms. The topological polar surface area (TPSA) is 35.5 Å². The molecule has 1 rings (SSSR count). The first kappa shape index (κ1) is 16.7. The average Bonchev–Trinajstić information content (AvgIpc) is 2.41. The predicted molar refractivity (Wildman–Crippen MR) is 70.9 cm³/mol. The number of aldehydes is 1. The van der Waals surface area contributed by atoms with Gasteiger partial charge >= 0.3 is 6.18 Å². The first-order valence-corrected chi connectivity index (χ1v) is 6.80. The highest BCUT2D eigenvalue weighted by Crippen LogP contribution is 2.39. The van der Waals surface area contributed by atoms with Crippen LogP contribution in [0.25, 0.3) is 0 Å². The van der Waals surface area contributed by atoms with Crippen molar-refractivity contribution in [3.8, 4) is 11.5 Å². The lowest BCUT2D eigenvalue weighted by molar-refractivity contribution is -0.134. The van der Waals surface area contributed by atoms with Crippen molar-refractivity contribution in [3.05, 3.63) is 17.7 Å². The third-order valence-electron chi connectivity index (χ3n) is 2.47. The van der Waals surface area contributed by atoms with Crippen molar-refractivity contribution in [2.45, 2.75) is 23.9 Å². The van der Waals surface area contributed by atoms with Gasteiger partial charge in [0.05, 0.1) is 19.1 Å². The zero-order valence-electron chi connectivity index (χ0n) is 11.1. The van der Waals surface area contributed by atoms with Crippen LogP contribution in [0.5, 0.6) is 11.5 Å². The Hall–Kier alpha value is -1.37. The fourth-order valence-electron chi connectivity index (χ4n) is 1.56. The van der Waals surface area contributed by atoms with Gasteiger partial charge in [-0.15, -0.1) is 11.8 Å².